The molecule has 9 nitrogen and oxygen atoms in total. The molecule has 96 valence electrons. The zero-order chi connectivity index (χ0) is 13.9. The number of carbonyl (C=O) groups is 2. The van der Waals surface area contributed by atoms with Gasteiger partial charge in [-0.05, 0) is 0 Å². The Morgan fingerprint density at radius 2 is 2.11 bits per heavy atom. The summed E-state index contributed by atoms with van der Waals surface area (Å²) in [6.07, 6.45) is 0.679. The number of carboxylic acid groups (broad SMARTS) is 1. The molecule has 0 aromatic carbocycles. The van der Waals surface area contributed by atoms with Crippen LogP contribution in [0.5, 0.6) is 0 Å². The smallest absolute Gasteiger partial charge is 0.340 e. The number of ether oxygens (including phenoxy) is 1. The first-order valence-corrected chi connectivity index (χ1v) is 4.55. The molecule has 18 heavy (non-hydrogen) atoms. The van der Waals surface area contributed by atoms with Gasteiger partial charge in [-0.25, -0.2) is 9.59 Å². The molecule has 1 heterocycles. The van der Waals surface area contributed by atoms with Crippen molar-refractivity contribution in [3.63, 3.8) is 0 Å². The summed E-state index contributed by atoms with van der Waals surface area (Å²) in [7, 11) is 0.945. The summed E-state index contributed by atoms with van der Waals surface area (Å²) >= 11 is 0. The lowest BCUT2D eigenvalue weighted by atomic mass is 10.2. The summed E-state index contributed by atoms with van der Waals surface area (Å²) in [5.41, 5.74) is -1.37. The van der Waals surface area contributed by atoms with Crippen LogP contribution < -0.4 is 5.56 Å². The largest absolute Gasteiger partial charge is 0.479 e. The van der Waals surface area contributed by atoms with Gasteiger partial charge in [0.15, 0.2) is 0 Å². The molecular formula is C9H8N2O7. The van der Waals surface area contributed by atoms with Crippen molar-refractivity contribution >= 4 is 17.6 Å². The highest BCUT2D eigenvalue weighted by atomic mass is 16.6. The number of hydrogen-bond acceptors (Lipinski definition) is 6. The SMILES string of the molecule is COC(=O)C(C(=O)O)n1cc([N+](=O)[O-])ccc1=O. The van der Waals surface area contributed by atoms with Crippen molar-refractivity contribution in [3.8, 4) is 0 Å². The Balaban J connectivity index is 3.40. The molecular weight excluding hydrogens is 248 g/mol. The Morgan fingerprint density at radius 3 is 2.56 bits per heavy atom. The van der Waals surface area contributed by atoms with Crippen molar-refractivity contribution in [2.24, 2.45) is 0 Å². The lowest BCUT2D eigenvalue weighted by molar-refractivity contribution is -0.385. The van der Waals surface area contributed by atoms with Crippen LogP contribution in [-0.4, -0.2) is 33.6 Å². The number of aromatic nitrogens is 1. The fraction of sp³-hybridized carbons (Fsp3) is 0.222. The number of nitro groups is 1. The van der Waals surface area contributed by atoms with Crippen molar-refractivity contribution in [1.82, 2.24) is 4.57 Å². The highest BCUT2D eigenvalue weighted by Gasteiger charge is 2.31. The second kappa shape index (κ2) is 5.08. The van der Waals surface area contributed by atoms with Gasteiger partial charge in [0.2, 0.25) is 6.04 Å². The summed E-state index contributed by atoms with van der Waals surface area (Å²) in [4.78, 5) is 43.3. The van der Waals surface area contributed by atoms with E-state index in [9.17, 15) is 24.5 Å². The third-order valence-corrected chi connectivity index (χ3v) is 2.07. The summed E-state index contributed by atoms with van der Waals surface area (Å²) < 4.78 is 4.67. The quantitative estimate of drug-likeness (QED) is 0.334. The molecule has 1 unspecified atom stereocenters. The molecule has 0 amide bonds. The number of nitrogens with zero attached hydrogens (tertiary/aromatic N) is 2. The van der Waals surface area contributed by atoms with Gasteiger partial charge in [0.25, 0.3) is 11.2 Å². The van der Waals surface area contributed by atoms with Crippen molar-refractivity contribution < 1.29 is 24.4 Å². The van der Waals surface area contributed by atoms with Crippen molar-refractivity contribution in [2.75, 3.05) is 7.11 Å². The third-order valence-electron chi connectivity index (χ3n) is 2.07. The van der Waals surface area contributed by atoms with Crippen LogP contribution in [0.25, 0.3) is 0 Å². The van der Waals surface area contributed by atoms with E-state index in [0.29, 0.717) is 10.8 Å². The topological polar surface area (TPSA) is 129 Å². The van der Waals surface area contributed by atoms with E-state index >= 15 is 0 Å². The van der Waals surface area contributed by atoms with Crippen molar-refractivity contribution in [2.45, 2.75) is 6.04 Å². The Hall–Kier alpha value is -2.71. The Morgan fingerprint density at radius 1 is 1.50 bits per heavy atom. The van der Waals surface area contributed by atoms with Crippen LogP contribution in [0.4, 0.5) is 5.69 Å². The Bertz CT molecular complexity index is 562. The molecule has 0 saturated carbocycles. The maximum atomic E-state index is 11.4. The van der Waals surface area contributed by atoms with Gasteiger partial charge in [-0.2, -0.15) is 0 Å². The van der Waals surface area contributed by atoms with E-state index < -0.39 is 34.2 Å². The molecule has 1 aromatic rings. The average molecular weight is 256 g/mol. The molecule has 1 atom stereocenters. The van der Waals surface area contributed by atoms with Crippen LogP contribution in [0.2, 0.25) is 0 Å². The fourth-order valence-electron chi connectivity index (χ4n) is 1.25. The number of carbonyl (C=O) groups excluding carboxylic acids is 1. The summed E-state index contributed by atoms with van der Waals surface area (Å²) in [5, 5.41) is 19.4. The van der Waals surface area contributed by atoms with Gasteiger partial charge in [0, 0.05) is 12.1 Å². The standard InChI is InChI=1S/C9H8N2O7/c1-18-9(15)7(8(13)14)10-4-5(11(16)17)2-3-6(10)12/h2-4,7H,1H3,(H,13,14). The summed E-state index contributed by atoms with van der Waals surface area (Å²) in [5.74, 6) is -2.85. The van der Waals surface area contributed by atoms with Crippen LogP contribution in [0.1, 0.15) is 6.04 Å². The molecule has 0 bridgehead atoms. The van der Waals surface area contributed by atoms with Crippen LogP contribution >= 0.6 is 0 Å². The van der Waals surface area contributed by atoms with Crippen molar-refractivity contribution in [1.29, 1.82) is 0 Å². The lowest BCUT2D eigenvalue weighted by Crippen LogP contribution is -2.35. The molecule has 0 fully saturated rings. The second-order valence-corrected chi connectivity index (χ2v) is 3.15. The number of esters is 1. The van der Waals surface area contributed by atoms with Crippen LogP contribution in [-0.2, 0) is 14.3 Å². The predicted molar refractivity (Wildman–Crippen MR) is 56.0 cm³/mol. The molecule has 1 aromatic heterocycles. The maximum Gasteiger partial charge on any atom is 0.340 e. The van der Waals surface area contributed by atoms with Gasteiger partial charge in [-0.15, -0.1) is 0 Å². The van der Waals surface area contributed by atoms with E-state index in [4.69, 9.17) is 5.11 Å². The monoisotopic (exact) mass is 256 g/mol. The minimum absolute atomic E-state index is 0.437. The van der Waals surface area contributed by atoms with Crippen LogP contribution in [0.3, 0.4) is 0 Å². The van der Waals surface area contributed by atoms with Gasteiger partial charge in [0.1, 0.15) is 0 Å². The minimum atomic E-state index is -1.96. The van der Waals surface area contributed by atoms with E-state index in [2.05, 4.69) is 4.74 Å². The number of carboxylic acids is 1. The summed E-state index contributed by atoms with van der Waals surface area (Å²) in [6, 6.07) is -0.242. The van der Waals surface area contributed by atoms with Gasteiger partial charge in [0.05, 0.1) is 18.2 Å². The minimum Gasteiger partial charge on any atom is -0.479 e. The van der Waals surface area contributed by atoms with E-state index in [1.165, 1.54) is 0 Å². The number of pyridine rings is 1. The highest BCUT2D eigenvalue weighted by Crippen LogP contribution is 2.12. The Kier molecular flexibility index (Phi) is 3.77. The van der Waals surface area contributed by atoms with Gasteiger partial charge >= 0.3 is 11.9 Å². The first-order valence-electron chi connectivity index (χ1n) is 4.55. The molecule has 0 saturated heterocycles. The molecule has 0 radical (unpaired) electrons. The fourth-order valence-corrected chi connectivity index (χ4v) is 1.25. The lowest BCUT2D eigenvalue weighted by Gasteiger charge is -2.12. The number of aliphatic carboxylic acids is 1. The molecule has 9 heteroatoms. The molecule has 0 aliphatic rings. The molecule has 0 spiro atoms. The van der Waals surface area contributed by atoms with E-state index in [1.807, 2.05) is 0 Å². The van der Waals surface area contributed by atoms with Crippen LogP contribution in [0, 0.1) is 10.1 Å². The first-order chi connectivity index (χ1) is 8.38. The zero-order valence-corrected chi connectivity index (χ0v) is 9.10. The first kappa shape index (κ1) is 13.4. The van der Waals surface area contributed by atoms with E-state index in [1.54, 1.807) is 0 Å². The number of methoxy groups -OCH3 is 1. The number of hydrogen-bond donors (Lipinski definition) is 1. The average Bonchev–Trinajstić information content (AvgIpc) is 2.30. The van der Waals surface area contributed by atoms with Gasteiger partial charge in [-0.1, -0.05) is 0 Å². The normalized spacial score (nSPS) is 11.6. The Labute approximate surface area is 99.4 Å². The second-order valence-electron chi connectivity index (χ2n) is 3.15. The summed E-state index contributed by atoms with van der Waals surface area (Å²) in [6.45, 7) is 0. The zero-order valence-electron chi connectivity index (χ0n) is 9.10. The van der Waals surface area contributed by atoms with Gasteiger partial charge in [-0.3, -0.25) is 19.5 Å². The van der Waals surface area contributed by atoms with E-state index in [0.717, 1.165) is 19.2 Å². The third kappa shape index (κ3) is 2.51. The molecule has 1 rings (SSSR count). The van der Waals surface area contributed by atoms with Crippen molar-refractivity contribution in [3.05, 3.63) is 38.8 Å². The van der Waals surface area contributed by atoms with Gasteiger partial charge < -0.3 is 9.84 Å². The molecule has 0 aliphatic carbocycles. The van der Waals surface area contributed by atoms with E-state index in [-0.39, 0.29) is 0 Å². The number of rotatable bonds is 4. The maximum absolute atomic E-state index is 11.4. The molecule has 0 aliphatic heterocycles. The predicted octanol–water partition coefficient (Wildman–Crippen LogP) is -0.445. The molecule has 1 N–H and O–H groups in total. The van der Waals surface area contributed by atoms with Crippen LogP contribution in [0.15, 0.2) is 23.1 Å². The highest BCUT2D eigenvalue weighted by molar-refractivity contribution is 5.96.